The van der Waals surface area contributed by atoms with E-state index in [-0.39, 0.29) is 24.4 Å². The highest BCUT2D eigenvalue weighted by Gasteiger charge is 2.32. The van der Waals surface area contributed by atoms with Gasteiger partial charge in [0.05, 0.1) is 5.52 Å². The predicted molar refractivity (Wildman–Crippen MR) is 142 cm³/mol. The van der Waals surface area contributed by atoms with E-state index in [1.807, 2.05) is 55.6 Å². The summed E-state index contributed by atoms with van der Waals surface area (Å²) in [6.45, 7) is 3.21. The number of nitrogens with zero attached hydrogens (tertiary/aromatic N) is 2. The number of aromatic nitrogens is 2. The van der Waals surface area contributed by atoms with E-state index in [1.54, 1.807) is 9.47 Å². The summed E-state index contributed by atoms with van der Waals surface area (Å²) in [4.78, 5) is 31.6. The van der Waals surface area contributed by atoms with Gasteiger partial charge in [-0.1, -0.05) is 54.1 Å². The summed E-state index contributed by atoms with van der Waals surface area (Å²) in [5.41, 5.74) is 5.81. The molecule has 0 saturated carbocycles. The Labute approximate surface area is 209 Å². The van der Waals surface area contributed by atoms with Gasteiger partial charge in [0.2, 0.25) is 0 Å². The quantitative estimate of drug-likeness (QED) is 0.350. The van der Waals surface area contributed by atoms with Crippen LogP contribution in [0.3, 0.4) is 0 Å². The number of aryl methyl sites for hydroxylation is 1. The normalized spacial score (nSPS) is 14.5. The van der Waals surface area contributed by atoms with Gasteiger partial charge in [0.1, 0.15) is 12.2 Å². The largest absolute Gasteiger partial charge is 0.361 e. The van der Waals surface area contributed by atoms with Crippen molar-refractivity contribution >= 4 is 33.6 Å². The molecule has 2 aromatic heterocycles. The average molecular weight is 477 g/mol. The molecular weight excluding hydrogens is 448 g/mol. The van der Waals surface area contributed by atoms with Gasteiger partial charge in [-0.3, -0.25) is 14.2 Å². The number of carbonyl (C=O) groups is 2. The van der Waals surface area contributed by atoms with E-state index in [4.69, 9.17) is 0 Å². The van der Waals surface area contributed by atoms with E-state index in [2.05, 4.69) is 46.7 Å². The summed E-state index contributed by atoms with van der Waals surface area (Å²) in [6, 6.07) is 26.5. The van der Waals surface area contributed by atoms with Gasteiger partial charge in [0.15, 0.2) is 0 Å². The molecule has 0 bridgehead atoms. The third kappa shape index (κ3) is 4.20. The molecule has 1 aliphatic rings. The molecule has 0 fully saturated rings. The molecule has 3 aromatic carbocycles. The predicted octanol–water partition coefficient (Wildman–Crippen LogP) is 4.93. The summed E-state index contributed by atoms with van der Waals surface area (Å²) in [6.07, 6.45) is 2.70. The second-order valence-electron chi connectivity index (χ2n) is 9.67. The van der Waals surface area contributed by atoms with E-state index in [0.29, 0.717) is 18.8 Å². The van der Waals surface area contributed by atoms with Gasteiger partial charge in [0, 0.05) is 36.2 Å². The summed E-state index contributed by atoms with van der Waals surface area (Å²) >= 11 is 0. The molecule has 0 unspecified atom stereocenters. The third-order valence-electron chi connectivity index (χ3n) is 7.02. The van der Waals surface area contributed by atoms with Gasteiger partial charge in [-0.25, -0.2) is 0 Å². The molecule has 0 radical (unpaired) electrons. The standard InChI is InChI=1S/C30H28N4O2/c1-20-7-10-27-24(13-20)16-28-30(36)33(19-29(35)34(27)28)18-25(14-21-5-3-2-4-6-21)32-17-22-8-9-23-11-12-31-26(23)15-22/h2-13,15-16,25,31-32H,14,17-19H2,1H3/t25-/m0/s1. The van der Waals surface area contributed by atoms with Crippen molar-refractivity contribution < 1.29 is 9.59 Å². The van der Waals surface area contributed by atoms with Crippen LogP contribution in [0.5, 0.6) is 0 Å². The first-order valence-electron chi connectivity index (χ1n) is 12.3. The molecule has 180 valence electrons. The molecular formula is C30H28N4O2. The minimum absolute atomic E-state index is 0.0124. The zero-order valence-electron chi connectivity index (χ0n) is 20.2. The molecule has 36 heavy (non-hydrogen) atoms. The Morgan fingerprint density at radius 1 is 0.917 bits per heavy atom. The lowest BCUT2D eigenvalue weighted by Crippen LogP contribution is -2.50. The van der Waals surface area contributed by atoms with Gasteiger partial charge in [-0.15, -0.1) is 0 Å². The Hall–Kier alpha value is -4.16. The van der Waals surface area contributed by atoms with Crippen molar-refractivity contribution in [2.45, 2.75) is 25.9 Å². The highest BCUT2D eigenvalue weighted by Crippen LogP contribution is 2.25. The van der Waals surface area contributed by atoms with Crippen LogP contribution in [-0.2, 0) is 13.0 Å². The first-order chi connectivity index (χ1) is 17.5. The van der Waals surface area contributed by atoms with Crippen LogP contribution >= 0.6 is 0 Å². The fourth-order valence-electron chi connectivity index (χ4n) is 5.21. The van der Waals surface area contributed by atoms with Crippen molar-refractivity contribution in [1.29, 1.82) is 0 Å². The molecule has 2 N–H and O–H groups in total. The Morgan fingerprint density at radius 2 is 1.78 bits per heavy atom. The van der Waals surface area contributed by atoms with E-state index in [9.17, 15) is 9.59 Å². The number of amides is 1. The van der Waals surface area contributed by atoms with Gasteiger partial charge >= 0.3 is 0 Å². The van der Waals surface area contributed by atoms with Crippen molar-refractivity contribution in [2.75, 3.05) is 13.1 Å². The monoisotopic (exact) mass is 476 g/mol. The number of fused-ring (bicyclic) bond motifs is 4. The van der Waals surface area contributed by atoms with Crippen molar-refractivity contribution in [3.63, 3.8) is 0 Å². The van der Waals surface area contributed by atoms with Crippen LogP contribution in [0.25, 0.3) is 21.8 Å². The first-order valence-corrected chi connectivity index (χ1v) is 12.3. The molecule has 0 saturated heterocycles. The number of nitrogens with one attached hydrogen (secondary N) is 2. The van der Waals surface area contributed by atoms with Crippen molar-refractivity contribution in [3.05, 3.63) is 107 Å². The maximum atomic E-state index is 13.5. The maximum absolute atomic E-state index is 13.5. The van der Waals surface area contributed by atoms with Crippen LogP contribution in [0, 0.1) is 6.92 Å². The van der Waals surface area contributed by atoms with Crippen LogP contribution in [0.1, 0.15) is 32.0 Å². The van der Waals surface area contributed by atoms with E-state index < -0.39 is 0 Å². The summed E-state index contributed by atoms with van der Waals surface area (Å²) in [5, 5.41) is 5.76. The Kier molecular flexibility index (Phi) is 5.66. The highest BCUT2D eigenvalue weighted by atomic mass is 16.2. The number of benzene rings is 3. The molecule has 1 aliphatic heterocycles. The maximum Gasteiger partial charge on any atom is 0.271 e. The van der Waals surface area contributed by atoms with E-state index >= 15 is 0 Å². The van der Waals surface area contributed by atoms with Crippen molar-refractivity contribution in [1.82, 2.24) is 19.8 Å². The molecule has 6 heteroatoms. The number of rotatable bonds is 7. The average Bonchev–Trinajstić information content (AvgIpc) is 3.50. The number of aromatic amines is 1. The number of carbonyl (C=O) groups excluding carboxylic acids is 2. The fraction of sp³-hybridized carbons (Fsp3) is 0.200. The van der Waals surface area contributed by atoms with Crippen LogP contribution in [0.2, 0.25) is 0 Å². The lowest BCUT2D eigenvalue weighted by molar-refractivity contribution is 0.0608. The van der Waals surface area contributed by atoms with Gasteiger partial charge in [-0.05, 0) is 60.2 Å². The lowest BCUT2D eigenvalue weighted by Gasteiger charge is -2.31. The van der Waals surface area contributed by atoms with Gasteiger partial charge in [-0.2, -0.15) is 0 Å². The summed E-state index contributed by atoms with van der Waals surface area (Å²) < 4.78 is 1.58. The second-order valence-corrected chi connectivity index (χ2v) is 9.67. The second kappa shape index (κ2) is 9.13. The molecule has 1 amide bonds. The molecule has 5 aromatic rings. The zero-order chi connectivity index (χ0) is 24.6. The molecule has 6 nitrogen and oxygen atoms in total. The highest BCUT2D eigenvalue weighted by molar-refractivity contribution is 6.09. The third-order valence-corrected chi connectivity index (χ3v) is 7.02. The molecule has 3 heterocycles. The SMILES string of the molecule is Cc1ccc2c(c1)cc1n2C(=O)CN(C[C@H](Cc2ccccc2)NCc2ccc3cc[nH]c3c2)C1=O. The van der Waals surface area contributed by atoms with Crippen LogP contribution in [0.4, 0.5) is 0 Å². The number of hydrogen-bond donors (Lipinski definition) is 2. The van der Waals surface area contributed by atoms with Crippen LogP contribution < -0.4 is 5.32 Å². The topological polar surface area (TPSA) is 70.1 Å². The first kappa shape index (κ1) is 22.3. The lowest BCUT2D eigenvalue weighted by atomic mass is 10.0. The summed E-state index contributed by atoms with van der Waals surface area (Å²) in [5.74, 6) is -0.171. The number of H-pyrrole nitrogens is 1. The van der Waals surface area contributed by atoms with Crippen LogP contribution in [0.15, 0.2) is 85.1 Å². The van der Waals surface area contributed by atoms with Crippen LogP contribution in [-0.4, -0.2) is 45.4 Å². The van der Waals surface area contributed by atoms with E-state index in [0.717, 1.165) is 28.4 Å². The van der Waals surface area contributed by atoms with Gasteiger partial charge in [0.25, 0.3) is 11.8 Å². The summed E-state index contributed by atoms with van der Waals surface area (Å²) in [7, 11) is 0. The van der Waals surface area contributed by atoms with E-state index in [1.165, 1.54) is 16.5 Å². The number of hydrogen-bond acceptors (Lipinski definition) is 3. The minimum Gasteiger partial charge on any atom is -0.361 e. The molecule has 0 aliphatic carbocycles. The zero-order valence-corrected chi connectivity index (χ0v) is 20.2. The minimum atomic E-state index is -0.101. The smallest absolute Gasteiger partial charge is 0.271 e. The molecule has 6 rings (SSSR count). The Bertz CT molecular complexity index is 1580. The molecule has 1 atom stereocenters. The fourth-order valence-corrected chi connectivity index (χ4v) is 5.21. The van der Waals surface area contributed by atoms with Crippen molar-refractivity contribution in [2.24, 2.45) is 0 Å². The van der Waals surface area contributed by atoms with Crippen molar-refractivity contribution in [3.8, 4) is 0 Å². The molecule has 0 spiro atoms. The van der Waals surface area contributed by atoms with Gasteiger partial charge < -0.3 is 15.2 Å². The Morgan fingerprint density at radius 3 is 2.64 bits per heavy atom. The Balaban J connectivity index is 1.25.